The van der Waals surface area contributed by atoms with E-state index in [4.69, 9.17) is 33.7 Å². The lowest BCUT2D eigenvalue weighted by atomic mass is 9.55. The van der Waals surface area contributed by atoms with Gasteiger partial charge in [0.1, 0.15) is 23.3 Å². The van der Waals surface area contributed by atoms with Gasteiger partial charge in [0.05, 0.1) is 31.5 Å². The molecule has 2 fully saturated rings. The molecule has 2 aromatic carbocycles. The fraction of sp³-hybridized carbons (Fsp3) is 0.667. The van der Waals surface area contributed by atoms with Gasteiger partial charge in [0, 0.05) is 44.6 Å². The molecular weight excluding hydrogens is 821 g/mol. The molecule has 1 saturated heterocycles. The lowest BCUT2D eigenvalue weighted by Gasteiger charge is -2.59. The van der Waals surface area contributed by atoms with Crippen LogP contribution < -0.4 is 9.47 Å². The van der Waals surface area contributed by atoms with Gasteiger partial charge in [-0.3, -0.25) is 0 Å². The molecule has 1 amide bonds. The highest BCUT2D eigenvalue weighted by Crippen LogP contribution is 2.62. The summed E-state index contributed by atoms with van der Waals surface area (Å²) < 4.78 is 33.0. The van der Waals surface area contributed by atoms with Gasteiger partial charge in [0.25, 0.3) is 0 Å². The highest BCUT2D eigenvalue weighted by molar-refractivity contribution is 6.03. The first kappa shape index (κ1) is 50.5. The summed E-state index contributed by atoms with van der Waals surface area (Å²) in [5.74, 6) is 0.386. The second-order valence-electron chi connectivity index (χ2n) is 18.9. The number of fused-ring (bicyclic) bond motifs is 2. The van der Waals surface area contributed by atoms with Crippen LogP contribution in [-0.2, 0) is 19.0 Å². The summed E-state index contributed by atoms with van der Waals surface area (Å²) in [6.45, 7) is 11.9. The van der Waals surface area contributed by atoms with Crippen molar-refractivity contribution in [2.24, 2.45) is 22.9 Å². The molecule has 2 heterocycles. The third-order valence-electron chi connectivity index (χ3n) is 14.3. The number of allylic oxidation sites excluding steroid dienone is 1. The molecule has 0 radical (unpaired) electrons. The summed E-state index contributed by atoms with van der Waals surface area (Å²) in [6.07, 6.45) is 23.0. The van der Waals surface area contributed by atoms with E-state index in [0.717, 1.165) is 92.4 Å². The first-order chi connectivity index (χ1) is 31.7. The second kappa shape index (κ2) is 25.9. The monoisotopic (exact) mass is 901 g/mol. The predicted molar refractivity (Wildman–Crippen MR) is 257 cm³/mol. The average molecular weight is 901 g/mol. The van der Waals surface area contributed by atoms with Gasteiger partial charge in [-0.25, -0.2) is 4.79 Å². The summed E-state index contributed by atoms with van der Waals surface area (Å²) in [4.78, 5) is 22.2. The van der Waals surface area contributed by atoms with Gasteiger partial charge in [-0.2, -0.15) is 0 Å². The first-order valence-electron chi connectivity index (χ1n) is 25.2. The SMILES string of the molecule is C=CCOC12Oc3ccc(Oc4ccc(C)c(C)c4)cc3C3C(CCCCO)C(CCCCO)C=C(C(=NOC4CCCCO4)CC1N(C)C(=O)OCCCCCCCCCCCC)C32. The number of carbonyl (C=O) groups is 1. The summed E-state index contributed by atoms with van der Waals surface area (Å²) in [7, 11) is 1.79. The third kappa shape index (κ3) is 13.2. The topological polar surface area (TPSA) is 129 Å². The highest BCUT2D eigenvalue weighted by atomic mass is 16.8. The van der Waals surface area contributed by atoms with Crippen LogP contribution in [-0.4, -0.2) is 85.1 Å². The van der Waals surface area contributed by atoms with E-state index >= 15 is 0 Å². The van der Waals surface area contributed by atoms with Gasteiger partial charge in [0.15, 0.2) is 0 Å². The molecule has 11 nitrogen and oxygen atoms in total. The number of aliphatic hydroxyl groups is 2. The van der Waals surface area contributed by atoms with E-state index in [-0.39, 0.29) is 37.6 Å². The Morgan fingerprint density at radius 3 is 2.29 bits per heavy atom. The summed E-state index contributed by atoms with van der Waals surface area (Å²) in [5, 5.41) is 24.9. The van der Waals surface area contributed by atoms with Crippen molar-refractivity contribution >= 4 is 11.8 Å². The molecule has 2 aromatic rings. The van der Waals surface area contributed by atoms with Crippen molar-refractivity contribution in [2.75, 3.05) is 40.1 Å². The minimum atomic E-state index is -1.36. The standard InChI is InChI=1S/C54H80N2O9/c1-6-8-9-10-11-12-13-14-15-21-34-61-53(59)56(5)49-38-47(55-65-50-25-18-22-33-60-50)45-36-41(23-16-19-30-57)44(24-17-20-31-58)51-46-37-43(63-42-27-26-39(3)40(4)35-42)28-29-48(46)64-54(49,52(45)51)62-32-7-2/h7,26-29,35-37,41,44,49-52,57-58H,2,6,8-25,30-34,38H2,1,3-5H3. The first-order valence-corrected chi connectivity index (χ1v) is 25.2. The van der Waals surface area contributed by atoms with Gasteiger partial charge in [-0.15, -0.1) is 6.58 Å². The Bertz CT molecular complexity index is 1860. The van der Waals surface area contributed by atoms with Crippen LogP contribution >= 0.6 is 0 Å². The molecular formula is C54H80N2O9. The van der Waals surface area contributed by atoms with E-state index in [9.17, 15) is 15.0 Å². The van der Waals surface area contributed by atoms with Crippen molar-refractivity contribution < 1.29 is 43.5 Å². The number of rotatable bonds is 27. The summed E-state index contributed by atoms with van der Waals surface area (Å²) >= 11 is 0. The number of unbranched alkanes of at least 4 members (excludes halogenated alkanes) is 11. The van der Waals surface area contributed by atoms with Crippen LogP contribution in [0.15, 0.2) is 65.9 Å². The van der Waals surface area contributed by atoms with Crippen LogP contribution in [0.3, 0.4) is 0 Å². The van der Waals surface area contributed by atoms with Crippen LogP contribution in [0.5, 0.6) is 17.2 Å². The smallest absolute Gasteiger partial charge is 0.409 e. The van der Waals surface area contributed by atoms with Crippen molar-refractivity contribution in [3.05, 3.63) is 77.4 Å². The minimum Gasteiger partial charge on any atom is -0.459 e. The zero-order chi connectivity index (χ0) is 46.0. The molecule has 65 heavy (non-hydrogen) atoms. The molecule has 7 atom stereocenters. The maximum Gasteiger partial charge on any atom is 0.409 e. The van der Waals surface area contributed by atoms with E-state index in [1.807, 2.05) is 18.2 Å². The molecule has 11 heteroatoms. The van der Waals surface area contributed by atoms with E-state index in [1.165, 1.54) is 50.5 Å². The molecule has 360 valence electrons. The van der Waals surface area contributed by atoms with E-state index in [2.05, 4.69) is 51.6 Å². The lowest BCUT2D eigenvalue weighted by molar-refractivity contribution is -0.254. The number of nitrogens with zero attached hydrogens (tertiary/aromatic N) is 2. The van der Waals surface area contributed by atoms with E-state index in [1.54, 1.807) is 18.0 Å². The maximum absolute atomic E-state index is 14.3. The van der Waals surface area contributed by atoms with Gasteiger partial charge in [-0.1, -0.05) is 101 Å². The number of oxime groups is 1. The van der Waals surface area contributed by atoms with Crippen LogP contribution in [0.1, 0.15) is 158 Å². The zero-order valence-corrected chi connectivity index (χ0v) is 40.1. The number of amides is 1. The normalized spacial score (nSPS) is 25.2. The lowest BCUT2D eigenvalue weighted by Crippen LogP contribution is -2.69. The van der Waals surface area contributed by atoms with Crippen molar-refractivity contribution in [3.8, 4) is 17.2 Å². The fourth-order valence-corrected chi connectivity index (χ4v) is 10.6. The number of hydrogen-bond donors (Lipinski definition) is 2. The van der Waals surface area contributed by atoms with Crippen LogP contribution in [0, 0.1) is 31.6 Å². The number of benzene rings is 2. The number of carbonyl (C=O) groups excluding carboxylic acids is 1. The Morgan fingerprint density at radius 1 is 0.892 bits per heavy atom. The fourth-order valence-electron chi connectivity index (χ4n) is 10.6. The maximum atomic E-state index is 14.3. The number of aryl methyl sites for hydroxylation is 2. The molecule has 1 saturated carbocycles. The van der Waals surface area contributed by atoms with Gasteiger partial charge >= 0.3 is 6.09 Å². The Morgan fingerprint density at radius 2 is 1.60 bits per heavy atom. The van der Waals surface area contributed by atoms with E-state index in [0.29, 0.717) is 44.0 Å². The quantitative estimate of drug-likeness (QED) is 0.0511. The minimum absolute atomic E-state index is 0.0939. The Kier molecular flexibility index (Phi) is 20.1. The zero-order valence-electron chi connectivity index (χ0n) is 40.1. The van der Waals surface area contributed by atoms with Gasteiger partial charge in [-0.05, 0) is 118 Å². The summed E-state index contributed by atoms with van der Waals surface area (Å²) in [6, 6.07) is 11.5. The third-order valence-corrected chi connectivity index (χ3v) is 14.3. The molecule has 0 bridgehead atoms. The van der Waals surface area contributed by atoms with E-state index < -0.39 is 30.1 Å². The van der Waals surface area contributed by atoms with Crippen LogP contribution in [0.4, 0.5) is 4.79 Å². The number of ether oxygens (including phenoxy) is 5. The Hall–Kier alpha value is -3.90. The Balaban J connectivity index is 1.39. The number of aliphatic hydroxyl groups excluding tert-OH is 2. The molecule has 2 aliphatic heterocycles. The number of likely N-dealkylation sites (N-methyl/N-ethyl adjacent to an activating group) is 1. The molecule has 2 N–H and O–H groups in total. The largest absolute Gasteiger partial charge is 0.459 e. The van der Waals surface area contributed by atoms with Crippen LogP contribution in [0.25, 0.3) is 0 Å². The molecule has 0 spiro atoms. The number of hydrogen-bond acceptors (Lipinski definition) is 10. The Labute approximate surface area is 389 Å². The van der Waals surface area contributed by atoms with Gasteiger partial charge < -0.3 is 43.6 Å². The van der Waals surface area contributed by atoms with Crippen molar-refractivity contribution in [3.63, 3.8) is 0 Å². The van der Waals surface area contributed by atoms with Crippen molar-refractivity contribution in [1.29, 1.82) is 0 Å². The molecule has 0 aromatic heterocycles. The second-order valence-corrected chi connectivity index (χ2v) is 18.9. The van der Waals surface area contributed by atoms with Crippen molar-refractivity contribution in [1.82, 2.24) is 4.90 Å². The predicted octanol–water partition coefficient (Wildman–Crippen LogP) is 12.2. The molecule has 6 rings (SSSR count). The molecule has 4 aliphatic rings. The highest BCUT2D eigenvalue weighted by Gasteiger charge is 2.65. The molecule has 2 aliphatic carbocycles. The molecule has 7 unspecified atom stereocenters. The summed E-state index contributed by atoms with van der Waals surface area (Å²) in [5.41, 5.74) is 5.07. The van der Waals surface area contributed by atoms with Crippen LogP contribution in [0.2, 0.25) is 0 Å². The van der Waals surface area contributed by atoms with Crippen molar-refractivity contribution in [2.45, 2.75) is 173 Å². The average Bonchev–Trinajstić information content (AvgIpc) is 3.31. The van der Waals surface area contributed by atoms with Gasteiger partial charge in [0.2, 0.25) is 12.1 Å².